The Morgan fingerprint density at radius 3 is 2.89 bits per heavy atom. The predicted molar refractivity (Wildman–Crippen MR) is 72.1 cm³/mol. The lowest BCUT2D eigenvalue weighted by atomic mass is 10.2. The molecule has 0 unspecified atom stereocenters. The van der Waals surface area contributed by atoms with Crippen molar-refractivity contribution >= 4 is 22.4 Å². The lowest BCUT2D eigenvalue weighted by Gasteiger charge is -2.05. The number of non-ortho nitro benzene ring substituents is 1. The molecule has 0 aliphatic carbocycles. The van der Waals surface area contributed by atoms with E-state index in [-0.39, 0.29) is 5.69 Å². The van der Waals surface area contributed by atoms with Crippen LogP contribution in [0.1, 0.15) is 0 Å². The summed E-state index contributed by atoms with van der Waals surface area (Å²) in [5, 5.41) is 11.6. The number of aromatic nitrogens is 2. The Hall–Kier alpha value is -2.89. The molecule has 3 rings (SSSR count). The normalized spacial score (nSPS) is 10.7. The summed E-state index contributed by atoms with van der Waals surface area (Å²) in [6.07, 6.45) is 3.44. The number of benzene rings is 1. The number of nitrogens with two attached hydrogens (primary N) is 1. The molecular formula is C13H10N4O2. The highest BCUT2D eigenvalue weighted by Crippen LogP contribution is 2.25. The van der Waals surface area contributed by atoms with Crippen molar-refractivity contribution in [3.05, 3.63) is 58.9 Å². The van der Waals surface area contributed by atoms with E-state index in [1.807, 2.05) is 29.0 Å². The van der Waals surface area contributed by atoms with Crippen LogP contribution >= 0.6 is 0 Å². The maximum atomic E-state index is 10.8. The predicted octanol–water partition coefficient (Wildman–Crippen LogP) is 2.52. The standard InChI is InChI=1S/C13H10N4O2/c14-13-11-5-7-16(12(11)4-6-15-13)9-2-1-3-10(8-9)17(18)19/h1-8H,(H2,14,15). The van der Waals surface area contributed by atoms with Gasteiger partial charge in [0.2, 0.25) is 0 Å². The second-order valence-corrected chi connectivity index (χ2v) is 4.09. The number of hydrogen-bond acceptors (Lipinski definition) is 4. The van der Waals surface area contributed by atoms with Gasteiger partial charge in [-0.25, -0.2) is 4.98 Å². The highest BCUT2D eigenvalue weighted by Gasteiger charge is 2.10. The van der Waals surface area contributed by atoms with E-state index in [2.05, 4.69) is 4.98 Å². The molecule has 0 spiro atoms. The maximum Gasteiger partial charge on any atom is 0.271 e. The first-order valence-corrected chi connectivity index (χ1v) is 5.63. The van der Waals surface area contributed by atoms with Gasteiger partial charge in [0.1, 0.15) is 5.82 Å². The van der Waals surface area contributed by atoms with E-state index in [4.69, 9.17) is 5.73 Å². The quantitative estimate of drug-likeness (QED) is 0.562. The lowest BCUT2D eigenvalue weighted by Crippen LogP contribution is -1.95. The van der Waals surface area contributed by atoms with Crippen molar-refractivity contribution in [1.29, 1.82) is 0 Å². The van der Waals surface area contributed by atoms with Gasteiger partial charge in [0.25, 0.3) is 5.69 Å². The van der Waals surface area contributed by atoms with Crippen LogP contribution in [0.15, 0.2) is 48.8 Å². The molecule has 3 aromatic rings. The van der Waals surface area contributed by atoms with E-state index in [1.54, 1.807) is 12.3 Å². The molecule has 1 aromatic carbocycles. The fourth-order valence-corrected chi connectivity index (χ4v) is 2.07. The van der Waals surface area contributed by atoms with Crippen LogP contribution < -0.4 is 5.73 Å². The molecule has 6 nitrogen and oxygen atoms in total. The summed E-state index contributed by atoms with van der Waals surface area (Å²) in [4.78, 5) is 14.4. The van der Waals surface area contributed by atoms with Crippen molar-refractivity contribution in [1.82, 2.24) is 9.55 Å². The van der Waals surface area contributed by atoms with E-state index in [1.165, 1.54) is 12.1 Å². The van der Waals surface area contributed by atoms with Gasteiger partial charge in [-0.05, 0) is 18.2 Å². The lowest BCUT2D eigenvalue weighted by molar-refractivity contribution is -0.384. The van der Waals surface area contributed by atoms with Crippen molar-refractivity contribution in [2.24, 2.45) is 0 Å². The van der Waals surface area contributed by atoms with Crippen LogP contribution in [-0.2, 0) is 0 Å². The van der Waals surface area contributed by atoms with Gasteiger partial charge in [-0.2, -0.15) is 0 Å². The highest BCUT2D eigenvalue weighted by molar-refractivity contribution is 5.90. The number of nitro groups is 1. The van der Waals surface area contributed by atoms with Gasteiger partial charge in [-0.15, -0.1) is 0 Å². The maximum absolute atomic E-state index is 10.8. The van der Waals surface area contributed by atoms with Crippen molar-refractivity contribution < 1.29 is 4.92 Å². The first kappa shape index (κ1) is 11.2. The molecule has 6 heteroatoms. The molecule has 0 saturated heterocycles. The monoisotopic (exact) mass is 254 g/mol. The number of fused-ring (bicyclic) bond motifs is 1. The van der Waals surface area contributed by atoms with Gasteiger partial charge in [0.05, 0.1) is 16.1 Å². The highest BCUT2D eigenvalue weighted by atomic mass is 16.6. The minimum Gasteiger partial charge on any atom is -0.383 e. The molecule has 19 heavy (non-hydrogen) atoms. The number of nitro benzene ring substituents is 1. The largest absolute Gasteiger partial charge is 0.383 e. The van der Waals surface area contributed by atoms with Crippen molar-refractivity contribution in [3.8, 4) is 5.69 Å². The van der Waals surface area contributed by atoms with Gasteiger partial charge < -0.3 is 10.3 Å². The molecule has 94 valence electrons. The number of rotatable bonds is 2. The molecule has 2 heterocycles. The Balaban J connectivity index is 2.22. The topological polar surface area (TPSA) is 87.0 Å². The molecule has 0 amide bonds. The third kappa shape index (κ3) is 1.79. The third-order valence-corrected chi connectivity index (χ3v) is 2.97. The average molecular weight is 254 g/mol. The summed E-state index contributed by atoms with van der Waals surface area (Å²) in [5.74, 6) is 0.446. The molecule has 2 N–H and O–H groups in total. The van der Waals surface area contributed by atoms with Gasteiger partial charge in [0.15, 0.2) is 0 Å². The summed E-state index contributed by atoms with van der Waals surface area (Å²) in [6, 6.07) is 10.1. The first-order chi connectivity index (χ1) is 9.16. The summed E-state index contributed by atoms with van der Waals surface area (Å²) >= 11 is 0. The molecule has 0 aliphatic heterocycles. The van der Waals surface area contributed by atoms with Gasteiger partial charge in [-0.3, -0.25) is 10.1 Å². The minimum absolute atomic E-state index is 0.0568. The van der Waals surface area contributed by atoms with E-state index in [9.17, 15) is 10.1 Å². The number of pyridine rings is 1. The molecule has 2 aromatic heterocycles. The molecule has 0 radical (unpaired) electrons. The molecule has 0 aliphatic rings. The van der Waals surface area contributed by atoms with E-state index >= 15 is 0 Å². The van der Waals surface area contributed by atoms with Crippen LogP contribution in [0.2, 0.25) is 0 Å². The van der Waals surface area contributed by atoms with Crippen molar-refractivity contribution in [2.75, 3.05) is 5.73 Å². The minimum atomic E-state index is -0.412. The van der Waals surface area contributed by atoms with Crippen LogP contribution in [0.4, 0.5) is 11.5 Å². The summed E-state index contributed by atoms with van der Waals surface area (Å²) in [7, 11) is 0. The van der Waals surface area contributed by atoms with Crippen LogP contribution in [-0.4, -0.2) is 14.5 Å². The van der Waals surface area contributed by atoms with Crippen LogP contribution in [0.3, 0.4) is 0 Å². The van der Waals surface area contributed by atoms with Crippen molar-refractivity contribution in [2.45, 2.75) is 0 Å². The summed E-state index contributed by atoms with van der Waals surface area (Å²) in [6.45, 7) is 0. The second kappa shape index (κ2) is 4.09. The molecule has 0 bridgehead atoms. The fraction of sp³-hybridized carbons (Fsp3) is 0. The molecule has 0 saturated carbocycles. The zero-order valence-corrected chi connectivity index (χ0v) is 9.85. The van der Waals surface area contributed by atoms with Gasteiger partial charge >= 0.3 is 0 Å². The zero-order valence-electron chi connectivity index (χ0n) is 9.85. The van der Waals surface area contributed by atoms with Crippen LogP contribution in [0, 0.1) is 10.1 Å². The SMILES string of the molecule is Nc1nccc2c1ccn2-c1cccc([N+](=O)[O-])c1. The van der Waals surface area contributed by atoms with Gasteiger partial charge in [0, 0.05) is 29.9 Å². The molecule has 0 atom stereocenters. The van der Waals surface area contributed by atoms with Crippen LogP contribution in [0.5, 0.6) is 0 Å². The van der Waals surface area contributed by atoms with Crippen LogP contribution in [0.25, 0.3) is 16.6 Å². The first-order valence-electron chi connectivity index (χ1n) is 5.63. The average Bonchev–Trinajstić information content (AvgIpc) is 2.84. The third-order valence-electron chi connectivity index (χ3n) is 2.97. The van der Waals surface area contributed by atoms with Gasteiger partial charge in [-0.1, -0.05) is 6.07 Å². The Morgan fingerprint density at radius 2 is 2.11 bits per heavy atom. The van der Waals surface area contributed by atoms with E-state index in [0.29, 0.717) is 5.82 Å². The number of hydrogen-bond donors (Lipinski definition) is 1. The Labute approximate surface area is 108 Å². The Kier molecular flexibility index (Phi) is 2.42. The zero-order chi connectivity index (χ0) is 13.4. The number of nitrogen functional groups attached to an aromatic ring is 1. The fourth-order valence-electron chi connectivity index (χ4n) is 2.07. The second-order valence-electron chi connectivity index (χ2n) is 4.09. The summed E-state index contributed by atoms with van der Waals surface area (Å²) in [5.41, 5.74) is 7.44. The number of nitrogens with zero attached hydrogens (tertiary/aromatic N) is 3. The number of anilines is 1. The molecule has 0 fully saturated rings. The van der Waals surface area contributed by atoms with Crippen molar-refractivity contribution in [3.63, 3.8) is 0 Å². The van der Waals surface area contributed by atoms with E-state index in [0.717, 1.165) is 16.6 Å². The molecular weight excluding hydrogens is 244 g/mol. The Morgan fingerprint density at radius 1 is 1.26 bits per heavy atom. The Bertz CT molecular complexity index is 779. The smallest absolute Gasteiger partial charge is 0.271 e. The van der Waals surface area contributed by atoms with E-state index < -0.39 is 4.92 Å². The summed E-state index contributed by atoms with van der Waals surface area (Å²) < 4.78 is 1.85.